The normalized spacial score (nSPS) is 21.0. The van der Waals surface area contributed by atoms with Crippen molar-refractivity contribution >= 4 is 11.8 Å². The second-order valence-electron chi connectivity index (χ2n) is 4.22. The van der Waals surface area contributed by atoms with Crippen LogP contribution >= 0.6 is 11.8 Å². The van der Waals surface area contributed by atoms with Crippen LogP contribution in [0.15, 0.2) is 0 Å². The van der Waals surface area contributed by atoms with Crippen LogP contribution in [0, 0.1) is 5.92 Å². The predicted molar refractivity (Wildman–Crippen MR) is 67.0 cm³/mol. The van der Waals surface area contributed by atoms with Gasteiger partial charge in [0.2, 0.25) is 0 Å². The molecule has 1 unspecified atom stereocenters. The highest BCUT2D eigenvalue weighted by Gasteiger charge is 2.22. The van der Waals surface area contributed by atoms with Crippen molar-refractivity contribution < 1.29 is 0 Å². The summed E-state index contributed by atoms with van der Waals surface area (Å²) in [5, 5.41) is 3.67. The highest BCUT2D eigenvalue weighted by molar-refractivity contribution is 7.99. The second-order valence-corrected chi connectivity index (χ2v) is 5.54. The van der Waals surface area contributed by atoms with Gasteiger partial charge < -0.3 is 5.32 Å². The molecule has 0 aromatic heterocycles. The largest absolute Gasteiger partial charge is 0.313 e. The average Bonchev–Trinajstić information content (AvgIpc) is 2.25. The molecule has 0 bridgehead atoms. The smallest absolute Gasteiger partial charge is 0.0186 e. The molecular weight excluding hydrogens is 190 g/mol. The van der Waals surface area contributed by atoms with E-state index in [1.807, 2.05) is 0 Å². The molecule has 0 saturated heterocycles. The van der Waals surface area contributed by atoms with Crippen LogP contribution in [0.5, 0.6) is 0 Å². The van der Waals surface area contributed by atoms with Gasteiger partial charge in [-0.3, -0.25) is 0 Å². The molecule has 0 amide bonds. The number of rotatable bonds is 6. The third-order valence-corrected chi connectivity index (χ3v) is 4.19. The van der Waals surface area contributed by atoms with Crippen LogP contribution < -0.4 is 5.32 Å². The first-order chi connectivity index (χ1) is 6.88. The molecule has 1 aliphatic carbocycles. The fraction of sp³-hybridized carbons (Fsp3) is 1.00. The number of nitrogens with one attached hydrogen (secondary N) is 1. The lowest BCUT2D eigenvalue weighted by Crippen LogP contribution is -2.39. The summed E-state index contributed by atoms with van der Waals surface area (Å²) in [5.74, 6) is 3.53. The van der Waals surface area contributed by atoms with Crippen molar-refractivity contribution in [3.8, 4) is 0 Å². The first-order valence-corrected chi connectivity index (χ1v) is 7.35. The van der Waals surface area contributed by atoms with Gasteiger partial charge in [-0.25, -0.2) is 0 Å². The van der Waals surface area contributed by atoms with E-state index in [1.54, 1.807) is 0 Å². The SMILES string of the molecule is CCNC(CSCC)C1CCCCC1. The Bertz CT molecular complexity index is 132. The summed E-state index contributed by atoms with van der Waals surface area (Å²) in [6.45, 7) is 5.62. The summed E-state index contributed by atoms with van der Waals surface area (Å²) in [6, 6.07) is 0.783. The minimum Gasteiger partial charge on any atom is -0.313 e. The zero-order valence-corrected chi connectivity index (χ0v) is 10.5. The summed E-state index contributed by atoms with van der Waals surface area (Å²) in [5.41, 5.74) is 0. The molecule has 1 nitrogen and oxygen atoms in total. The lowest BCUT2D eigenvalue weighted by atomic mass is 9.84. The van der Waals surface area contributed by atoms with E-state index in [0.29, 0.717) is 0 Å². The molecule has 0 aromatic carbocycles. The second kappa shape index (κ2) is 7.58. The fourth-order valence-electron chi connectivity index (χ4n) is 2.41. The maximum absolute atomic E-state index is 3.67. The average molecular weight is 215 g/mol. The molecule has 1 atom stereocenters. The maximum atomic E-state index is 3.67. The Labute approximate surface area is 93.4 Å². The van der Waals surface area contributed by atoms with E-state index in [2.05, 4.69) is 30.9 Å². The molecule has 14 heavy (non-hydrogen) atoms. The molecule has 2 heteroatoms. The number of thioether (sulfide) groups is 1. The van der Waals surface area contributed by atoms with Crippen LogP contribution in [0.3, 0.4) is 0 Å². The molecule has 0 radical (unpaired) electrons. The quantitative estimate of drug-likeness (QED) is 0.729. The summed E-state index contributed by atoms with van der Waals surface area (Å²) in [4.78, 5) is 0. The van der Waals surface area contributed by atoms with E-state index >= 15 is 0 Å². The van der Waals surface area contributed by atoms with Gasteiger partial charge >= 0.3 is 0 Å². The Morgan fingerprint density at radius 2 is 1.93 bits per heavy atom. The Morgan fingerprint density at radius 1 is 1.21 bits per heavy atom. The molecular formula is C12H25NS. The minimum atomic E-state index is 0.783. The monoisotopic (exact) mass is 215 g/mol. The molecule has 0 aliphatic heterocycles. The standard InChI is InChI=1S/C12H25NS/c1-3-13-12(10-14-4-2)11-8-6-5-7-9-11/h11-13H,3-10H2,1-2H3. The van der Waals surface area contributed by atoms with Gasteiger partial charge in [0.25, 0.3) is 0 Å². The summed E-state index contributed by atoms with van der Waals surface area (Å²) in [6.07, 6.45) is 7.31. The van der Waals surface area contributed by atoms with E-state index < -0.39 is 0 Å². The lowest BCUT2D eigenvalue weighted by Gasteiger charge is -2.30. The Morgan fingerprint density at radius 3 is 2.50 bits per heavy atom. The highest BCUT2D eigenvalue weighted by atomic mass is 32.2. The van der Waals surface area contributed by atoms with Crippen molar-refractivity contribution in [1.29, 1.82) is 0 Å². The van der Waals surface area contributed by atoms with Crippen LogP contribution in [-0.4, -0.2) is 24.1 Å². The zero-order chi connectivity index (χ0) is 10.2. The zero-order valence-electron chi connectivity index (χ0n) is 9.72. The predicted octanol–water partition coefficient (Wildman–Crippen LogP) is 3.30. The van der Waals surface area contributed by atoms with Crippen molar-refractivity contribution in [2.45, 2.75) is 52.0 Å². The van der Waals surface area contributed by atoms with Gasteiger partial charge in [0.15, 0.2) is 0 Å². The van der Waals surface area contributed by atoms with E-state index in [4.69, 9.17) is 0 Å². The number of hydrogen-bond acceptors (Lipinski definition) is 2. The molecule has 0 spiro atoms. The maximum Gasteiger partial charge on any atom is 0.0186 e. The van der Waals surface area contributed by atoms with Gasteiger partial charge in [-0.05, 0) is 31.1 Å². The molecule has 1 aliphatic rings. The van der Waals surface area contributed by atoms with Gasteiger partial charge in [-0.1, -0.05) is 33.1 Å². The van der Waals surface area contributed by atoms with Crippen LogP contribution in [-0.2, 0) is 0 Å². The third kappa shape index (κ3) is 4.22. The van der Waals surface area contributed by atoms with E-state index in [-0.39, 0.29) is 0 Å². The third-order valence-electron chi connectivity index (χ3n) is 3.19. The Balaban J connectivity index is 2.30. The van der Waals surface area contributed by atoms with Gasteiger partial charge in [0.05, 0.1) is 0 Å². The number of hydrogen-bond donors (Lipinski definition) is 1. The van der Waals surface area contributed by atoms with Gasteiger partial charge in [0.1, 0.15) is 0 Å². The van der Waals surface area contributed by atoms with Crippen LogP contribution in [0.1, 0.15) is 46.0 Å². The van der Waals surface area contributed by atoms with Gasteiger partial charge in [-0.2, -0.15) is 11.8 Å². The molecule has 0 aromatic rings. The first-order valence-electron chi connectivity index (χ1n) is 6.19. The Hall–Kier alpha value is 0.310. The Kier molecular flexibility index (Phi) is 6.70. The van der Waals surface area contributed by atoms with Crippen molar-refractivity contribution in [3.05, 3.63) is 0 Å². The van der Waals surface area contributed by atoms with Crippen molar-refractivity contribution in [2.75, 3.05) is 18.1 Å². The highest BCUT2D eigenvalue weighted by Crippen LogP contribution is 2.27. The molecule has 1 fully saturated rings. The van der Waals surface area contributed by atoms with Crippen LogP contribution in [0.2, 0.25) is 0 Å². The summed E-state index contributed by atoms with van der Waals surface area (Å²) >= 11 is 2.09. The van der Waals surface area contributed by atoms with Gasteiger partial charge in [0, 0.05) is 11.8 Å². The van der Waals surface area contributed by atoms with Crippen molar-refractivity contribution in [3.63, 3.8) is 0 Å². The van der Waals surface area contributed by atoms with Crippen LogP contribution in [0.4, 0.5) is 0 Å². The summed E-state index contributed by atoms with van der Waals surface area (Å²) in [7, 11) is 0. The van der Waals surface area contributed by atoms with Crippen molar-refractivity contribution in [1.82, 2.24) is 5.32 Å². The van der Waals surface area contributed by atoms with E-state index in [9.17, 15) is 0 Å². The van der Waals surface area contributed by atoms with Crippen molar-refractivity contribution in [2.24, 2.45) is 5.92 Å². The van der Waals surface area contributed by atoms with Crippen LogP contribution in [0.25, 0.3) is 0 Å². The molecule has 1 N–H and O–H groups in total. The minimum absolute atomic E-state index is 0.783. The summed E-state index contributed by atoms with van der Waals surface area (Å²) < 4.78 is 0. The molecule has 84 valence electrons. The molecule has 0 heterocycles. The lowest BCUT2D eigenvalue weighted by molar-refractivity contribution is 0.288. The first kappa shape index (κ1) is 12.4. The topological polar surface area (TPSA) is 12.0 Å². The fourth-order valence-corrected chi connectivity index (χ4v) is 3.28. The molecule has 1 rings (SSSR count). The van der Waals surface area contributed by atoms with E-state index in [1.165, 1.54) is 43.6 Å². The van der Waals surface area contributed by atoms with Gasteiger partial charge in [-0.15, -0.1) is 0 Å². The molecule has 1 saturated carbocycles. The van der Waals surface area contributed by atoms with E-state index in [0.717, 1.165) is 18.5 Å².